The molecule has 64 valence electrons. The van der Waals surface area contributed by atoms with Crippen LogP contribution in [0.3, 0.4) is 0 Å². The van der Waals surface area contributed by atoms with Gasteiger partial charge in [-0.3, -0.25) is 0 Å². The minimum absolute atomic E-state index is 0.549. The fourth-order valence-corrected chi connectivity index (χ4v) is 1.51. The van der Waals surface area contributed by atoms with Crippen LogP contribution in [0.1, 0.15) is 5.56 Å². The van der Waals surface area contributed by atoms with E-state index in [4.69, 9.17) is 11.6 Å². The van der Waals surface area contributed by atoms with Gasteiger partial charge in [0.2, 0.25) is 0 Å². The van der Waals surface area contributed by atoms with Gasteiger partial charge in [-0.15, -0.1) is 0 Å². The first-order chi connectivity index (χ1) is 6.31. The molecule has 1 aromatic heterocycles. The predicted molar refractivity (Wildman–Crippen MR) is 56.8 cm³/mol. The second kappa shape index (κ2) is 3.19. The number of rotatable bonds is 1. The van der Waals surface area contributed by atoms with Crippen LogP contribution in [0.25, 0.3) is 16.8 Å². The van der Waals surface area contributed by atoms with Crippen LogP contribution in [0.4, 0.5) is 0 Å². The summed E-state index contributed by atoms with van der Waals surface area (Å²) in [6.45, 7) is 3.71. The molecule has 2 heteroatoms. The molecule has 0 amide bonds. The van der Waals surface area contributed by atoms with Gasteiger partial charge in [0.1, 0.15) is 5.15 Å². The van der Waals surface area contributed by atoms with E-state index in [9.17, 15) is 0 Å². The topological polar surface area (TPSA) is 12.9 Å². The lowest BCUT2D eigenvalue weighted by Crippen LogP contribution is -1.79. The highest BCUT2D eigenvalue weighted by Gasteiger charge is 1.98. The summed E-state index contributed by atoms with van der Waals surface area (Å²) in [4.78, 5) is 4.00. The van der Waals surface area contributed by atoms with Gasteiger partial charge < -0.3 is 0 Å². The lowest BCUT2D eigenvalue weighted by atomic mass is 10.1. The third kappa shape index (κ3) is 1.43. The van der Waals surface area contributed by atoms with E-state index < -0.39 is 0 Å². The molecule has 0 aliphatic heterocycles. The zero-order valence-electron chi connectivity index (χ0n) is 7.00. The van der Waals surface area contributed by atoms with E-state index in [1.165, 1.54) is 0 Å². The van der Waals surface area contributed by atoms with Gasteiger partial charge in [-0.2, -0.15) is 0 Å². The highest BCUT2D eigenvalue weighted by Crippen LogP contribution is 2.22. The van der Waals surface area contributed by atoms with E-state index in [1.807, 2.05) is 30.3 Å². The summed E-state index contributed by atoms with van der Waals surface area (Å²) in [5.74, 6) is 0. The Morgan fingerprint density at radius 3 is 2.92 bits per heavy atom. The molecule has 2 rings (SSSR count). The molecule has 0 aliphatic rings. The van der Waals surface area contributed by atoms with E-state index >= 15 is 0 Å². The van der Waals surface area contributed by atoms with E-state index in [2.05, 4.69) is 11.6 Å². The second-order valence-corrected chi connectivity index (χ2v) is 3.14. The molecule has 0 spiro atoms. The molecule has 0 unspecified atom stereocenters. The molecule has 1 aromatic carbocycles. The van der Waals surface area contributed by atoms with Crippen molar-refractivity contribution in [2.45, 2.75) is 0 Å². The normalized spacial score (nSPS) is 10.2. The molecule has 0 N–H and O–H groups in total. The van der Waals surface area contributed by atoms with Gasteiger partial charge in [-0.05, 0) is 23.1 Å². The molecule has 2 aromatic rings. The highest BCUT2D eigenvalue weighted by atomic mass is 35.5. The number of fused-ring (bicyclic) bond motifs is 1. The first-order valence-corrected chi connectivity index (χ1v) is 4.36. The minimum atomic E-state index is 0.549. The van der Waals surface area contributed by atoms with Crippen molar-refractivity contribution in [3.8, 4) is 0 Å². The van der Waals surface area contributed by atoms with Crippen LogP contribution in [-0.4, -0.2) is 4.98 Å². The first-order valence-electron chi connectivity index (χ1n) is 3.98. The number of nitrogens with zero attached hydrogens (tertiary/aromatic N) is 1. The lowest BCUT2D eigenvalue weighted by Gasteiger charge is -2.00. The van der Waals surface area contributed by atoms with Crippen LogP contribution in [0, 0.1) is 0 Å². The number of halogens is 1. The maximum Gasteiger partial charge on any atom is 0.136 e. The number of hydrogen-bond acceptors (Lipinski definition) is 1. The number of aromatic nitrogens is 1. The molecule has 1 heterocycles. The smallest absolute Gasteiger partial charge is 0.136 e. The minimum Gasteiger partial charge on any atom is -0.244 e. The summed E-state index contributed by atoms with van der Waals surface area (Å²) in [5, 5.41) is 2.63. The first kappa shape index (κ1) is 8.27. The van der Waals surface area contributed by atoms with Crippen molar-refractivity contribution in [3.05, 3.63) is 47.8 Å². The zero-order chi connectivity index (χ0) is 9.26. The van der Waals surface area contributed by atoms with Crippen LogP contribution < -0.4 is 0 Å². The Labute approximate surface area is 81.7 Å². The summed E-state index contributed by atoms with van der Waals surface area (Å²) in [5.41, 5.74) is 1.09. The largest absolute Gasteiger partial charge is 0.244 e. The van der Waals surface area contributed by atoms with Crippen molar-refractivity contribution in [2.75, 3.05) is 0 Å². The monoisotopic (exact) mass is 189 g/mol. The average molecular weight is 190 g/mol. The Bertz CT molecular complexity index is 463. The Morgan fingerprint density at radius 2 is 2.15 bits per heavy atom. The second-order valence-electron chi connectivity index (χ2n) is 2.79. The van der Waals surface area contributed by atoms with Crippen LogP contribution in [-0.2, 0) is 0 Å². The Hall–Kier alpha value is -1.34. The van der Waals surface area contributed by atoms with Crippen molar-refractivity contribution in [2.24, 2.45) is 0 Å². The van der Waals surface area contributed by atoms with Crippen molar-refractivity contribution >= 4 is 28.4 Å². The zero-order valence-corrected chi connectivity index (χ0v) is 7.75. The van der Waals surface area contributed by atoms with Gasteiger partial charge in [-0.25, -0.2) is 4.98 Å². The molecule has 0 atom stereocenters. The standard InChI is InChI=1S/C11H8ClN/c1-2-8-3-4-10-9(7-8)5-6-13-11(10)12/h2-7H,1H2. The predicted octanol–water partition coefficient (Wildman–Crippen LogP) is 3.53. The summed E-state index contributed by atoms with van der Waals surface area (Å²) < 4.78 is 0. The Morgan fingerprint density at radius 1 is 1.31 bits per heavy atom. The quantitative estimate of drug-likeness (QED) is 0.626. The van der Waals surface area contributed by atoms with Crippen LogP contribution in [0.5, 0.6) is 0 Å². The van der Waals surface area contributed by atoms with Crippen molar-refractivity contribution in [3.63, 3.8) is 0 Å². The highest BCUT2D eigenvalue weighted by molar-refractivity contribution is 6.34. The summed E-state index contributed by atoms with van der Waals surface area (Å²) in [6, 6.07) is 7.91. The van der Waals surface area contributed by atoms with E-state index in [0.717, 1.165) is 16.3 Å². The molecule has 0 radical (unpaired) electrons. The molecular formula is C11H8ClN. The van der Waals surface area contributed by atoms with Gasteiger partial charge in [0.15, 0.2) is 0 Å². The fraction of sp³-hybridized carbons (Fsp3) is 0. The van der Waals surface area contributed by atoms with Crippen LogP contribution >= 0.6 is 11.6 Å². The third-order valence-corrected chi connectivity index (χ3v) is 2.28. The summed E-state index contributed by atoms with van der Waals surface area (Å²) in [7, 11) is 0. The number of benzene rings is 1. The van der Waals surface area contributed by atoms with Crippen molar-refractivity contribution < 1.29 is 0 Å². The van der Waals surface area contributed by atoms with Crippen molar-refractivity contribution in [1.29, 1.82) is 0 Å². The molecule has 0 bridgehead atoms. The van der Waals surface area contributed by atoms with E-state index in [0.29, 0.717) is 5.15 Å². The van der Waals surface area contributed by atoms with Crippen molar-refractivity contribution in [1.82, 2.24) is 4.98 Å². The molecular weight excluding hydrogens is 182 g/mol. The third-order valence-electron chi connectivity index (χ3n) is 1.98. The molecule has 0 saturated carbocycles. The van der Waals surface area contributed by atoms with Gasteiger partial charge in [0.25, 0.3) is 0 Å². The Kier molecular flexibility index (Phi) is 2.03. The molecule has 0 aliphatic carbocycles. The molecule has 13 heavy (non-hydrogen) atoms. The number of pyridine rings is 1. The van der Waals surface area contributed by atoms with Crippen LogP contribution in [0.2, 0.25) is 5.15 Å². The van der Waals surface area contributed by atoms with Gasteiger partial charge in [0, 0.05) is 11.6 Å². The number of hydrogen-bond donors (Lipinski definition) is 0. The molecule has 0 fully saturated rings. The van der Waals surface area contributed by atoms with Crippen LogP contribution in [0.15, 0.2) is 37.0 Å². The molecule has 1 nitrogen and oxygen atoms in total. The van der Waals surface area contributed by atoms with Gasteiger partial charge in [-0.1, -0.05) is 36.4 Å². The summed E-state index contributed by atoms with van der Waals surface area (Å²) >= 11 is 5.92. The maximum absolute atomic E-state index is 5.92. The lowest BCUT2D eigenvalue weighted by molar-refractivity contribution is 1.36. The summed E-state index contributed by atoms with van der Waals surface area (Å²) in [6.07, 6.45) is 3.52. The van der Waals surface area contributed by atoms with Gasteiger partial charge in [0.05, 0.1) is 0 Å². The Balaban J connectivity index is 2.79. The van der Waals surface area contributed by atoms with E-state index in [-0.39, 0.29) is 0 Å². The van der Waals surface area contributed by atoms with Gasteiger partial charge >= 0.3 is 0 Å². The maximum atomic E-state index is 5.92. The fourth-order valence-electron chi connectivity index (χ4n) is 1.29. The SMILES string of the molecule is C=Cc1ccc2c(Cl)nccc2c1. The van der Waals surface area contributed by atoms with E-state index in [1.54, 1.807) is 6.20 Å². The average Bonchev–Trinajstić information content (AvgIpc) is 2.18. The molecule has 0 saturated heterocycles.